The molecule has 63 heavy (non-hydrogen) atoms. The fourth-order valence-corrected chi connectivity index (χ4v) is 5.94. The van der Waals surface area contributed by atoms with Gasteiger partial charge >= 0.3 is 30.1 Å². The van der Waals surface area contributed by atoms with Crippen molar-refractivity contribution >= 4 is 53.7 Å². The second kappa shape index (κ2) is 21.7. The number of amides is 3. The van der Waals surface area contributed by atoms with Crippen LogP contribution in [0.4, 0.5) is 9.59 Å². The van der Waals surface area contributed by atoms with Crippen LogP contribution >= 0.6 is 0 Å². The first-order chi connectivity index (χ1) is 29.7. The van der Waals surface area contributed by atoms with Crippen LogP contribution in [-0.2, 0) is 46.3 Å². The van der Waals surface area contributed by atoms with Crippen LogP contribution in [0.1, 0.15) is 115 Å². The number of hydrogen-bond acceptors (Lipinski definition) is 14. The molecule has 4 rings (SSSR count). The molecule has 2 aromatic carbocycles. The summed E-state index contributed by atoms with van der Waals surface area (Å²) in [4.78, 5) is 98.1. The van der Waals surface area contributed by atoms with E-state index in [-0.39, 0.29) is 34.6 Å². The first-order valence-electron chi connectivity index (χ1n) is 20.1. The molecule has 1 aliphatic carbocycles. The van der Waals surface area contributed by atoms with Crippen molar-refractivity contribution < 1.29 is 62.4 Å². The maximum Gasteiger partial charge on any atom is 0.438 e. The number of aliphatic hydroxyl groups is 1. The van der Waals surface area contributed by atoms with Crippen molar-refractivity contribution in [3.8, 4) is 11.1 Å². The van der Waals surface area contributed by atoms with Crippen LogP contribution < -0.4 is 16.4 Å². The van der Waals surface area contributed by atoms with E-state index in [4.69, 9.17) is 29.4 Å². The first-order valence-corrected chi connectivity index (χ1v) is 20.1. The zero-order valence-electron chi connectivity index (χ0n) is 36.3. The number of rotatable bonds is 18. The summed E-state index contributed by atoms with van der Waals surface area (Å²) >= 11 is 0. The maximum atomic E-state index is 14.2. The molecule has 336 valence electrons. The number of nitrogens with zero attached hydrogens (tertiary/aromatic N) is 2. The van der Waals surface area contributed by atoms with Crippen LogP contribution in [0, 0.1) is 11.8 Å². The highest BCUT2D eigenvalue weighted by Crippen LogP contribution is 2.32. The molecule has 2 atom stereocenters. The summed E-state index contributed by atoms with van der Waals surface area (Å²) in [5.74, 6) is -3.98. The number of Topliss-reactive ketones (excluding diaryl/α,β-unsaturated/α-hetero) is 1. The molecule has 18 nitrogen and oxygen atoms in total. The average molecular weight is 872 g/mol. The molecule has 1 saturated carbocycles. The molecule has 1 unspecified atom stereocenters. The van der Waals surface area contributed by atoms with Gasteiger partial charge in [0.1, 0.15) is 23.2 Å². The molecule has 1 aliphatic rings. The van der Waals surface area contributed by atoms with Gasteiger partial charge in [-0.3, -0.25) is 14.4 Å². The topological polar surface area (TPSA) is 261 Å². The fraction of sp³-hybridized carbons (Fsp3) is 0.400. The molecular weight excluding hydrogens is 819 g/mol. The molecule has 0 aliphatic heterocycles. The van der Waals surface area contributed by atoms with E-state index < -0.39 is 84.7 Å². The molecule has 0 radical (unpaired) electrons. The Morgan fingerprint density at radius 3 is 2.24 bits per heavy atom. The van der Waals surface area contributed by atoms with E-state index in [1.54, 1.807) is 46.8 Å². The van der Waals surface area contributed by atoms with Crippen LogP contribution in [0.2, 0.25) is 0 Å². The Morgan fingerprint density at radius 1 is 0.968 bits per heavy atom. The molecular formula is C45H53N5O13. The zero-order valence-corrected chi connectivity index (χ0v) is 36.3. The highest BCUT2D eigenvalue weighted by molar-refractivity contribution is 6.07. The number of benzene rings is 2. The third-order valence-corrected chi connectivity index (χ3v) is 9.24. The lowest BCUT2D eigenvalue weighted by Gasteiger charge is -2.24. The lowest BCUT2D eigenvalue weighted by atomic mass is 9.89. The predicted molar refractivity (Wildman–Crippen MR) is 228 cm³/mol. The molecule has 5 N–H and O–H groups in total. The monoisotopic (exact) mass is 871 g/mol. The summed E-state index contributed by atoms with van der Waals surface area (Å²) in [7, 11) is 0. The second-order valence-corrected chi connectivity index (χ2v) is 15.9. The van der Waals surface area contributed by atoms with Crippen LogP contribution in [-0.4, -0.2) is 89.0 Å². The highest BCUT2D eigenvalue weighted by atomic mass is 16.7. The lowest BCUT2D eigenvalue weighted by molar-refractivity contribution is -0.161. The maximum absolute atomic E-state index is 14.2. The van der Waals surface area contributed by atoms with E-state index in [9.17, 15) is 38.7 Å². The third kappa shape index (κ3) is 14.6. The quantitative estimate of drug-likeness (QED) is 0.0311. The van der Waals surface area contributed by atoms with Crippen molar-refractivity contribution in [1.29, 1.82) is 0 Å². The van der Waals surface area contributed by atoms with Crippen LogP contribution in [0.3, 0.4) is 0 Å². The minimum Gasteiger partial charge on any atom is -0.444 e. The van der Waals surface area contributed by atoms with Crippen molar-refractivity contribution in [2.75, 3.05) is 13.3 Å². The molecule has 0 bridgehead atoms. The molecule has 1 fully saturated rings. The number of aromatic nitrogens is 1. The van der Waals surface area contributed by atoms with Gasteiger partial charge in [0.15, 0.2) is 11.5 Å². The average Bonchev–Trinajstić information content (AvgIpc) is 4.05. The van der Waals surface area contributed by atoms with Crippen molar-refractivity contribution in [1.82, 2.24) is 15.6 Å². The number of esters is 3. The van der Waals surface area contributed by atoms with E-state index in [0.717, 1.165) is 19.8 Å². The number of nitrogens with one attached hydrogen (secondary N) is 2. The summed E-state index contributed by atoms with van der Waals surface area (Å²) in [6.07, 6.45) is 0.0978. The van der Waals surface area contributed by atoms with Crippen molar-refractivity contribution in [2.45, 2.75) is 92.3 Å². The number of carbonyl (C=O) groups excluding carboxylic acids is 7. The third-order valence-electron chi connectivity index (χ3n) is 9.24. The van der Waals surface area contributed by atoms with E-state index in [2.05, 4.69) is 27.2 Å². The molecule has 1 aromatic heterocycles. The smallest absolute Gasteiger partial charge is 0.438 e. The van der Waals surface area contributed by atoms with Gasteiger partial charge in [0.2, 0.25) is 13.1 Å². The summed E-state index contributed by atoms with van der Waals surface area (Å²) < 4.78 is 25.5. The first kappa shape index (κ1) is 48.7. The van der Waals surface area contributed by atoms with E-state index in [0.29, 0.717) is 34.7 Å². The van der Waals surface area contributed by atoms with Gasteiger partial charge in [0.25, 0.3) is 5.91 Å². The fourth-order valence-electron chi connectivity index (χ4n) is 5.94. The Hall–Kier alpha value is -6.95. The minimum absolute atomic E-state index is 0.0552. The summed E-state index contributed by atoms with van der Waals surface area (Å²) in [5, 5.41) is 15.6. The summed E-state index contributed by atoms with van der Waals surface area (Å²) in [6.45, 7) is 13.7. The Kier molecular flexibility index (Phi) is 16.8. The number of ketones is 1. The van der Waals surface area contributed by atoms with E-state index >= 15 is 0 Å². The number of amidine groups is 1. The van der Waals surface area contributed by atoms with Gasteiger partial charge in [-0.25, -0.2) is 24.2 Å². The molecule has 1 heterocycles. The Bertz CT molecular complexity index is 2260. The Balaban J connectivity index is 1.65. The van der Waals surface area contributed by atoms with E-state index in [1.165, 1.54) is 49.4 Å². The number of aliphatic imine (C=N–C) groups is 1. The van der Waals surface area contributed by atoms with Gasteiger partial charge in [-0.15, -0.1) is 0 Å². The Labute approximate surface area is 364 Å². The minimum atomic E-state index is -1.19. The SMILES string of the molecule is C=Cc1cc(C(=O)Cc2ccc(C(N)=NC(=O)OC(C)OC(C)=O)cc2)c(-c2ccc(C(=O)NCC3CC3)nc2C(=O)OCOC(=O)[C@@H](NC(=O)OC(C)(C)C)C(C)C)cc1CO. The van der Waals surface area contributed by atoms with Gasteiger partial charge in [0.05, 0.1) is 6.61 Å². The summed E-state index contributed by atoms with van der Waals surface area (Å²) in [5.41, 5.74) is 6.57. The van der Waals surface area contributed by atoms with Gasteiger partial charge < -0.3 is 45.2 Å². The molecule has 18 heteroatoms. The number of carbonyl (C=O) groups is 7. The summed E-state index contributed by atoms with van der Waals surface area (Å²) in [6, 6.07) is 10.9. The molecule has 0 saturated heterocycles. The van der Waals surface area contributed by atoms with Crippen LogP contribution in [0.5, 0.6) is 0 Å². The lowest BCUT2D eigenvalue weighted by Crippen LogP contribution is -2.47. The predicted octanol–water partition coefficient (Wildman–Crippen LogP) is 5.41. The largest absolute Gasteiger partial charge is 0.444 e. The van der Waals surface area contributed by atoms with Gasteiger partial charge in [-0.1, -0.05) is 50.8 Å². The Morgan fingerprint density at radius 2 is 1.65 bits per heavy atom. The zero-order chi connectivity index (χ0) is 46.6. The van der Waals surface area contributed by atoms with Crippen LogP contribution in [0.15, 0.2) is 60.1 Å². The van der Waals surface area contributed by atoms with Gasteiger partial charge in [-0.2, -0.15) is 4.99 Å². The standard InChI is InChI=1S/C45H53N5O13/c1-9-29-19-34(36(53)18-27-12-14-30(15-13-27)39(46)50-43(57)62-26(5)61-25(4)52)33(20-31(29)22-51)32-16-17-35(40(54)47-21-28-10-11-28)48-38(32)42(56)60-23-59-41(55)37(24(2)3)49-44(58)63-45(6,7)8/h9,12-17,19-20,24,26,28,37,51H,1,10-11,18,21-23H2,2-8H3,(H,47,54)(H,49,58)(H2,46,50,57)/t26?,37-/m0/s1. The number of ether oxygens (including phenoxy) is 5. The van der Waals surface area contributed by atoms with Gasteiger partial charge in [-0.05, 0) is 92.0 Å². The van der Waals surface area contributed by atoms with E-state index in [1.807, 2.05) is 0 Å². The van der Waals surface area contributed by atoms with Crippen LogP contribution in [0.25, 0.3) is 17.2 Å². The van der Waals surface area contributed by atoms with Gasteiger partial charge in [0, 0.05) is 43.5 Å². The number of hydrogen-bond donors (Lipinski definition) is 4. The number of aliphatic hydroxyl groups excluding tert-OH is 1. The normalized spacial score (nSPS) is 13.5. The second-order valence-electron chi connectivity index (χ2n) is 15.9. The molecule has 0 spiro atoms. The van der Waals surface area contributed by atoms with Crippen molar-refractivity contribution in [3.63, 3.8) is 0 Å². The molecule has 3 amide bonds. The highest BCUT2D eigenvalue weighted by Gasteiger charge is 2.30. The number of nitrogens with two attached hydrogens (primary N) is 1. The number of alkyl carbamates (subject to hydrolysis) is 1. The van der Waals surface area contributed by atoms with Crippen molar-refractivity contribution in [2.24, 2.45) is 22.6 Å². The van der Waals surface area contributed by atoms with Crippen molar-refractivity contribution in [3.05, 3.63) is 94.3 Å². The number of pyridine rings is 1. The molecule has 3 aromatic rings.